The first-order chi connectivity index (χ1) is 13.7. The molecular formula is C22H24N2O4. The Morgan fingerprint density at radius 2 is 1.93 bits per heavy atom. The van der Waals surface area contributed by atoms with Gasteiger partial charge < -0.3 is 9.47 Å². The van der Waals surface area contributed by atoms with E-state index in [-0.39, 0.29) is 12.2 Å². The summed E-state index contributed by atoms with van der Waals surface area (Å²) in [7, 11) is 0. The highest BCUT2D eigenvalue weighted by atomic mass is 16.5. The Bertz CT molecular complexity index is 997. The number of carbonyl (C=O) groups excluding carboxylic acids is 1. The molecule has 0 amide bonds. The monoisotopic (exact) mass is 380 g/mol. The van der Waals surface area contributed by atoms with Gasteiger partial charge in [-0.15, -0.1) is 0 Å². The fourth-order valence-corrected chi connectivity index (χ4v) is 2.80. The van der Waals surface area contributed by atoms with Crippen molar-refractivity contribution in [1.82, 2.24) is 9.55 Å². The van der Waals surface area contributed by atoms with Crippen LogP contribution in [0.15, 0.2) is 59.7 Å². The van der Waals surface area contributed by atoms with Gasteiger partial charge in [0, 0.05) is 6.54 Å². The summed E-state index contributed by atoms with van der Waals surface area (Å²) in [5, 5.41) is 0.585. The number of rotatable bonds is 9. The molecule has 0 atom stereocenters. The smallest absolute Gasteiger partial charge is 0.338 e. The Labute approximate surface area is 163 Å². The molecule has 0 bridgehead atoms. The Balaban J connectivity index is 1.51. The third-order valence-electron chi connectivity index (χ3n) is 4.34. The van der Waals surface area contributed by atoms with Gasteiger partial charge in [0.1, 0.15) is 5.75 Å². The number of hydrogen-bond donors (Lipinski definition) is 0. The maximum Gasteiger partial charge on any atom is 0.338 e. The topological polar surface area (TPSA) is 70.4 Å². The number of hydrogen-bond acceptors (Lipinski definition) is 5. The fourth-order valence-electron chi connectivity index (χ4n) is 2.80. The second kappa shape index (κ2) is 9.69. The van der Waals surface area contributed by atoms with Crippen molar-refractivity contribution in [3.8, 4) is 5.75 Å². The van der Waals surface area contributed by atoms with Crippen molar-refractivity contribution < 1.29 is 14.3 Å². The molecule has 6 nitrogen and oxygen atoms in total. The molecule has 6 heteroatoms. The van der Waals surface area contributed by atoms with Gasteiger partial charge in [-0.1, -0.05) is 31.5 Å². The van der Waals surface area contributed by atoms with Crippen LogP contribution in [0.25, 0.3) is 10.9 Å². The molecule has 1 heterocycles. The second-order valence-electron chi connectivity index (χ2n) is 6.48. The standard InChI is InChI=1S/C22H24N2O4/c1-2-3-13-27-18-9-6-8-17(15-18)22(26)28-14-7-12-24-16-23-20-11-5-4-10-19(20)21(24)25/h4-6,8-11,15-16H,2-3,7,12-14H2,1H3. The quantitative estimate of drug-likeness (QED) is 0.417. The summed E-state index contributed by atoms with van der Waals surface area (Å²) in [4.78, 5) is 28.9. The number of nitrogens with zero attached hydrogens (tertiary/aromatic N) is 2. The SMILES string of the molecule is CCCCOc1cccc(C(=O)OCCCn2cnc3ccccc3c2=O)c1. The van der Waals surface area contributed by atoms with Crippen LogP contribution in [0.2, 0.25) is 0 Å². The van der Waals surface area contributed by atoms with Gasteiger partial charge in [0.15, 0.2) is 0 Å². The predicted octanol–water partition coefficient (Wildman–Crippen LogP) is 3.82. The lowest BCUT2D eigenvalue weighted by atomic mass is 10.2. The molecule has 1 aromatic heterocycles. The van der Waals surface area contributed by atoms with E-state index in [9.17, 15) is 9.59 Å². The van der Waals surface area contributed by atoms with E-state index in [0.29, 0.717) is 41.8 Å². The highest BCUT2D eigenvalue weighted by Crippen LogP contribution is 2.15. The molecular weight excluding hydrogens is 356 g/mol. The van der Waals surface area contributed by atoms with Gasteiger partial charge in [-0.2, -0.15) is 0 Å². The van der Waals surface area contributed by atoms with Crippen LogP contribution >= 0.6 is 0 Å². The Hall–Kier alpha value is -3.15. The number of aromatic nitrogens is 2. The molecule has 0 aliphatic heterocycles. The normalized spacial score (nSPS) is 10.8. The van der Waals surface area contributed by atoms with Crippen LogP contribution in [0.1, 0.15) is 36.5 Å². The van der Waals surface area contributed by atoms with Crippen molar-refractivity contribution in [2.75, 3.05) is 13.2 Å². The van der Waals surface area contributed by atoms with Crippen LogP contribution in [-0.4, -0.2) is 28.7 Å². The van der Waals surface area contributed by atoms with E-state index in [2.05, 4.69) is 11.9 Å². The lowest BCUT2D eigenvalue weighted by Crippen LogP contribution is -2.21. The van der Waals surface area contributed by atoms with Gasteiger partial charge in [0.2, 0.25) is 0 Å². The van der Waals surface area contributed by atoms with Crippen LogP contribution in [0, 0.1) is 0 Å². The highest BCUT2D eigenvalue weighted by molar-refractivity contribution is 5.89. The molecule has 0 aliphatic carbocycles. The zero-order chi connectivity index (χ0) is 19.8. The van der Waals surface area contributed by atoms with Crippen LogP contribution < -0.4 is 10.3 Å². The van der Waals surface area contributed by atoms with E-state index in [0.717, 1.165) is 12.8 Å². The fraction of sp³-hybridized carbons (Fsp3) is 0.318. The summed E-state index contributed by atoms with van der Waals surface area (Å²) >= 11 is 0. The van der Waals surface area contributed by atoms with E-state index in [1.54, 1.807) is 28.8 Å². The number of unbranched alkanes of at least 4 members (excludes halogenated alkanes) is 1. The van der Waals surface area contributed by atoms with Gasteiger partial charge >= 0.3 is 5.97 Å². The number of carbonyl (C=O) groups is 1. The molecule has 28 heavy (non-hydrogen) atoms. The summed E-state index contributed by atoms with van der Waals surface area (Å²) in [6.07, 6.45) is 4.08. The molecule has 0 spiro atoms. The van der Waals surface area contributed by atoms with E-state index >= 15 is 0 Å². The minimum absolute atomic E-state index is 0.0890. The Kier molecular flexibility index (Phi) is 6.78. The molecule has 0 aliphatic rings. The summed E-state index contributed by atoms with van der Waals surface area (Å²) in [5.41, 5.74) is 1.05. The van der Waals surface area contributed by atoms with Gasteiger partial charge in [-0.05, 0) is 43.2 Å². The van der Waals surface area contributed by atoms with Crippen molar-refractivity contribution >= 4 is 16.9 Å². The first-order valence-corrected chi connectivity index (χ1v) is 9.53. The van der Waals surface area contributed by atoms with Crippen molar-refractivity contribution in [2.24, 2.45) is 0 Å². The van der Waals surface area contributed by atoms with E-state index in [4.69, 9.17) is 9.47 Å². The Morgan fingerprint density at radius 1 is 1.07 bits per heavy atom. The zero-order valence-electron chi connectivity index (χ0n) is 16.0. The van der Waals surface area contributed by atoms with Crippen molar-refractivity contribution in [1.29, 1.82) is 0 Å². The number of fused-ring (bicyclic) bond motifs is 1. The molecule has 0 saturated carbocycles. The summed E-state index contributed by atoms with van der Waals surface area (Å²) < 4.78 is 12.5. The Morgan fingerprint density at radius 3 is 2.79 bits per heavy atom. The molecule has 3 rings (SSSR count). The molecule has 146 valence electrons. The number of esters is 1. The zero-order valence-corrected chi connectivity index (χ0v) is 16.0. The molecule has 2 aromatic carbocycles. The lowest BCUT2D eigenvalue weighted by molar-refractivity contribution is 0.0495. The molecule has 0 N–H and O–H groups in total. The van der Waals surface area contributed by atoms with Crippen LogP contribution in [0.3, 0.4) is 0 Å². The first kappa shape index (κ1) is 19.6. The maximum atomic E-state index is 12.4. The van der Waals surface area contributed by atoms with Gasteiger partial charge in [0.05, 0.1) is 36.0 Å². The van der Waals surface area contributed by atoms with Crippen molar-refractivity contribution in [3.05, 3.63) is 70.8 Å². The van der Waals surface area contributed by atoms with Crippen LogP contribution in [-0.2, 0) is 11.3 Å². The third-order valence-corrected chi connectivity index (χ3v) is 4.34. The van der Waals surface area contributed by atoms with Crippen molar-refractivity contribution in [3.63, 3.8) is 0 Å². The second-order valence-corrected chi connectivity index (χ2v) is 6.48. The lowest BCUT2D eigenvalue weighted by Gasteiger charge is -2.09. The molecule has 0 saturated heterocycles. The molecule has 0 fully saturated rings. The first-order valence-electron chi connectivity index (χ1n) is 9.53. The molecule has 3 aromatic rings. The number of para-hydroxylation sites is 1. The summed E-state index contributed by atoms with van der Waals surface area (Å²) in [5.74, 6) is 0.265. The third kappa shape index (κ3) is 4.97. The average molecular weight is 380 g/mol. The van der Waals surface area contributed by atoms with Gasteiger partial charge in [-0.3, -0.25) is 9.36 Å². The summed E-state index contributed by atoms with van der Waals surface area (Å²) in [6.45, 7) is 3.38. The number of benzene rings is 2. The van der Waals surface area contributed by atoms with Gasteiger partial charge in [-0.25, -0.2) is 9.78 Å². The largest absolute Gasteiger partial charge is 0.494 e. The number of ether oxygens (including phenoxy) is 2. The minimum Gasteiger partial charge on any atom is -0.494 e. The average Bonchev–Trinajstić information content (AvgIpc) is 2.73. The van der Waals surface area contributed by atoms with E-state index in [1.165, 1.54) is 6.33 Å². The molecule has 0 radical (unpaired) electrons. The van der Waals surface area contributed by atoms with Crippen LogP contribution in [0.4, 0.5) is 0 Å². The maximum absolute atomic E-state index is 12.4. The van der Waals surface area contributed by atoms with E-state index in [1.807, 2.05) is 24.3 Å². The number of aryl methyl sites for hydroxylation is 1. The van der Waals surface area contributed by atoms with Gasteiger partial charge in [0.25, 0.3) is 5.56 Å². The van der Waals surface area contributed by atoms with E-state index < -0.39 is 5.97 Å². The van der Waals surface area contributed by atoms with Crippen LogP contribution in [0.5, 0.6) is 5.75 Å². The van der Waals surface area contributed by atoms with Crippen molar-refractivity contribution in [2.45, 2.75) is 32.7 Å². The summed E-state index contributed by atoms with van der Waals surface area (Å²) in [6, 6.07) is 14.2. The minimum atomic E-state index is -0.398. The molecule has 0 unspecified atom stereocenters. The predicted molar refractivity (Wildman–Crippen MR) is 108 cm³/mol. The highest BCUT2D eigenvalue weighted by Gasteiger charge is 2.09.